The summed E-state index contributed by atoms with van der Waals surface area (Å²) in [4.78, 5) is 46.1. The van der Waals surface area contributed by atoms with Crippen LogP contribution >= 0.6 is 24.8 Å². The first-order valence-electron chi connectivity index (χ1n) is 14.3. The van der Waals surface area contributed by atoms with Crippen LogP contribution in [0.1, 0.15) is 57.7 Å². The quantitative estimate of drug-likeness (QED) is 0.284. The van der Waals surface area contributed by atoms with Crippen LogP contribution in [-0.2, 0) is 25.7 Å². The van der Waals surface area contributed by atoms with Crippen molar-refractivity contribution in [2.45, 2.75) is 64.8 Å². The number of ether oxygens (including phenoxy) is 1. The summed E-state index contributed by atoms with van der Waals surface area (Å²) >= 11 is 0. The second kappa shape index (κ2) is 16.0. The third kappa shape index (κ3) is 10.1. The minimum atomic E-state index is -1.19. The Bertz CT molecular complexity index is 1350. The summed E-state index contributed by atoms with van der Waals surface area (Å²) in [7, 11) is 0. The van der Waals surface area contributed by atoms with Crippen molar-refractivity contribution in [3.05, 3.63) is 84.3 Å². The lowest BCUT2D eigenvalue weighted by Gasteiger charge is -2.38. The Hall–Kier alpha value is -3.44. The molecule has 0 saturated carbocycles. The van der Waals surface area contributed by atoms with E-state index in [1.54, 1.807) is 30.9 Å². The molecule has 0 radical (unpaired) electrons. The highest BCUT2D eigenvalue weighted by molar-refractivity contribution is 5.98. The minimum absolute atomic E-state index is 0. The molecule has 1 saturated heterocycles. The maximum atomic E-state index is 13.8. The number of nitrogens with one attached hydrogen (secondary N) is 2. The first-order chi connectivity index (χ1) is 19.9. The lowest BCUT2D eigenvalue weighted by atomic mass is 9.82. The number of piperidine rings is 1. The van der Waals surface area contributed by atoms with E-state index in [1.807, 2.05) is 65.6 Å². The zero-order valence-corrected chi connectivity index (χ0v) is 27.3. The molecular formula is C32H44Cl2N6O4. The van der Waals surface area contributed by atoms with Gasteiger partial charge in [0.1, 0.15) is 12.1 Å². The predicted octanol–water partition coefficient (Wildman–Crippen LogP) is 4.34. The molecule has 2 atom stereocenters. The summed E-state index contributed by atoms with van der Waals surface area (Å²) < 4.78 is 7.49. The third-order valence-corrected chi connectivity index (χ3v) is 7.53. The Morgan fingerprint density at radius 1 is 1.00 bits per heavy atom. The van der Waals surface area contributed by atoms with E-state index >= 15 is 0 Å². The molecule has 1 aliphatic heterocycles. The lowest BCUT2D eigenvalue weighted by molar-refractivity contribution is -0.135. The molecule has 2 heterocycles. The van der Waals surface area contributed by atoms with Crippen molar-refractivity contribution in [2.75, 3.05) is 25.0 Å². The van der Waals surface area contributed by atoms with Crippen molar-refractivity contribution in [1.82, 2.24) is 19.8 Å². The summed E-state index contributed by atoms with van der Waals surface area (Å²) in [6.45, 7) is 9.16. The van der Waals surface area contributed by atoms with Crippen LogP contribution in [0.5, 0.6) is 0 Å². The fourth-order valence-corrected chi connectivity index (χ4v) is 4.73. The van der Waals surface area contributed by atoms with Crippen LogP contribution in [0.15, 0.2) is 73.2 Å². The first kappa shape index (κ1) is 36.8. The van der Waals surface area contributed by atoms with Crippen LogP contribution in [0, 0.1) is 5.41 Å². The molecule has 0 spiro atoms. The van der Waals surface area contributed by atoms with Gasteiger partial charge in [0, 0.05) is 19.3 Å². The summed E-state index contributed by atoms with van der Waals surface area (Å²) in [5.41, 5.74) is 6.75. The topological polar surface area (TPSA) is 132 Å². The second-order valence-corrected chi connectivity index (χ2v) is 12.2. The monoisotopic (exact) mass is 646 g/mol. The smallest absolute Gasteiger partial charge is 0.250 e. The molecule has 2 aromatic carbocycles. The summed E-state index contributed by atoms with van der Waals surface area (Å²) in [6, 6.07) is 17.4. The Labute approximate surface area is 271 Å². The first-order valence-corrected chi connectivity index (χ1v) is 14.3. The molecule has 12 heteroatoms. The summed E-state index contributed by atoms with van der Waals surface area (Å²) in [6.07, 6.45) is 5.05. The molecule has 1 aromatic heterocycles. The number of nitrogens with zero attached hydrogens (tertiary/aromatic N) is 3. The fraction of sp³-hybridized carbons (Fsp3) is 0.438. The van der Waals surface area contributed by atoms with Gasteiger partial charge in [0.25, 0.3) is 5.91 Å². The molecule has 0 aliphatic carbocycles. The zero-order chi connectivity index (χ0) is 30.3. The number of amides is 3. The number of carbonyl (C=O) groups excluding carboxylic acids is 3. The van der Waals surface area contributed by atoms with Gasteiger partial charge in [0.2, 0.25) is 11.8 Å². The van der Waals surface area contributed by atoms with Gasteiger partial charge in [0.05, 0.1) is 25.1 Å². The Morgan fingerprint density at radius 2 is 1.59 bits per heavy atom. The average molecular weight is 648 g/mol. The Balaban J connectivity index is 0.00000337. The van der Waals surface area contributed by atoms with Gasteiger partial charge in [-0.05, 0) is 43.2 Å². The molecule has 1 aliphatic rings. The van der Waals surface area contributed by atoms with Crippen molar-refractivity contribution in [3.8, 4) is 0 Å². The van der Waals surface area contributed by atoms with Gasteiger partial charge < -0.3 is 30.6 Å². The zero-order valence-electron chi connectivity index (χ0n) is 25.7. The number of likely N-dealkylation sites (tertiary alicyclic amines) is 1. The van der Waals surface area contributed by atoms with Crippen molar-refractivity contribution in [3.63, 3.8) is 0 Å². The van der Waals surface area contributed by atoms with E-state index in [9.17, 15) is 14.4 Å². The van der Waals surface area contributed by atoms with Crippen LogP contribution in [0.3, 0.4) is 0 Å². The molecule has 1 fully saturated rings. The molecule has 3 aromatic rings. The van der Waals surface area contributed by atoms with Crippen LogP contribution < -0.4 is 16.4 Å². The van der Waals surface area contributed by atoms with Gasteiger partial charge in [-0.15, -0.1) is 24.8 Å². The number of rotatable bonds is 11. The third-order valence-electron chi connectivity index (χ3n) is 7.53. The maximum Gasteiger partial charge on any atom is 0.250 e. The summed E-state index contributed by atoms with van der Waals surface area (Å²) in [5.74, 6) is -0.762. The van der Waals surface area contributed by atoms with Crippen LogP contribution in [0.4, 0.5) is 5.82 Å². The van der Waals surface area contributed by atoms with E-state index in [1.165, 1.54) is 0 Å². The van der Waals surface area contributed by atoms with Crippen molar-refractivity contribution in [2.24, 2.45) is 11.1 Å². The van der Waals surface area contributed by atoms with Gasteiger partial charge >= 0.3 is 0 Å². The molecule has 240 valence electrons. The normalized spacial score (nSPS) is 15.6. The van der Waals surface area contributed by atoms with E-state index in [2.05, 4.69) is 29.5 Å². The number of hydrogen-bond acceptors (Lipinski definition) is 6. The van der Waals surface area contributed by atoms with Crippen molar-refractivity contribution < 1.29 is 19.1 Å². The van der Waals surface area contributed by atoms with Gasteiger partial charge in [-0.25, -0.2) is 4.98 Å². The highest BCUT2D eigenvalue weighted by Crippen LogP contribution is 2.32. The van der Waals surface area contributed by atoms with Crippen molar-refractivity contribution >= 4 is 48.4 Å². The summed E-state index contributed by atoms with van der Waals surface area (Å²) in [5, 5.41) is 5.46. The van der Waals surface area contributed by atoms with E-state index in [0.717, 1.165) is 24.0 Å². The number of benzene rings is 2. The predicted molar refractivity (Wildman–Crippen MR) is 176 cm³/mol. The van der Waals surface area contributed by atoms with Crippen LogP contribution in [0.2, 0.25) is 0 Å². The molecule has 1 unspecified atom stereocenters. The Morgan fingerprint density at radius 3 is 2.18 bits per heavy atom. The largest absolute Gasteiger partial charge is 0.374 e. The standard InChI is InChI=1S/C32H42N6O4.2ClH/c1-31(2)15-17-37(18-16-31)29(40)27(24-13-9-6-10-14-24)38-19-26(34-22-38)36-28(39)25(35-30(41)32(3,4)33)21-42-20-23-11-7-5-8-12-23;;/h5-14,19,22,25,27H,15-18,20-21,33H2,1-4H3,(H,35,41)(H,36,39);2*1H/t25-,27?;;/m1../s1. The van der Waals surface area contributed by atoms with Gasteiger partial charge in [-0.3, -0.25) is 14.4 Å². The molecule has 4 N–H and O–H groups in total. The average Bonchev–Trinajstić information content (AvgIpc) is 3.40. The van der Waals surface area contributed by atoms with Crippen molar-refractivity contribution in [1.29, 1.82) is 0 Å². The number of halogens is 2. The van der Waals surface area contributed by atoms with E-state index in [4.69, 9.17) is 10.5 Å². The van der Waals surface area contributed by atoms with Gasteiger partial charge in [-0.1, -0.05) is 74.5 Å². The molecule has 3 amide bonds. The number of imidazole rings is 1. The van der Waals surface area contributed by atoms with Crippen LogP contribution in [0.25, 0.3) is 0 Å². The number of carbonyl (C=O) groups is 3. The number of anilines is 1. The Kier molecular flexibility index (Phi) is 13.4. The molecule has 44 heavy (non-hydrogen) atoms. The van der Waals surface area contributed by atoms with E-state index in [0.29, 0.717) is 13.1 Å². The SMILES string of the molecule is CC1(C)CCN(C(=O)C(c2ccccc2)n2cnc(NC(=O)[C@@H](COCc3ccccc3)NC(=O)C(C)(C)N)c2)CC1.Cl.Cl. The lowest BCUT2D eigenvalue weighted by Crippen LogP contribution is -2.56. The molecule has 0 bridgehead atoms. The number of hydrogen-bond donors (Lipinski definition) is 3. The molecular weight excluding hydrogens is 603 g/mol. The second-order valence-electron chi connectivity index (χ2n) is 12.2. The number of nitrogens with two attached hydrogens (primary N) is 1. The maximum absolute atomic E-state index is 13.8. The molecule has 4 rings (SSSR count). The number of aromatic nitrogens is 2. The fourth-order valence-electron chi connectivity index (χ4n) is 4.73. The molecule has 10 nitrogen and oxygen atoms in total. The van der Waals surface area contributed by atoms with Gasteiger partial charge in [0.15, 0.2) is 5.82 Å². The minimum Gasteiger partial charge on any atom is -0.374 e. The van der Waals surface area contributed by atoms with E-state index < -0.39 is 29.4 Å². The highest BCUT2D eigenvalue weighted by Gasteiger charge is 2.33. The van der Waals surface area contributed by atoms with E-state index in [-0.39, 0.29) is 55.2 Å². The van der Waals surface area contributed by atoms with Gasteiger partial charge in [-0.2, -0.15) is 0 Å². The van der Waals surface area contributed by atoms with Crippen LogP contribution in [-0.4, -0.2) is 63.4 Å². The highest BCUT2D eigenvalue weighted by atomic mass is 35.5.